The van der Waals surface area contributed by atoms with Gasteiger partial charge in [-0.2, -0.15) is 0 Å². The molecule has 0 saturated heterocycles. The van der Waals surface area contributed by atoms with Gasteiger partial charge in [0.15, 0.2) is 0 Å². The number of fused-ring (bicyclic) bond motifs is 1. The van der Waals surface area contributed by atoms with Gasteiger partial charge in [0, 0.05) is 28.1 Å². The molecule has 1 aliphatic heterocycles. The Kier molecular flexibility index (Phi) is 2.88. The zero-order valence-electron chi connectivity index (χ0n) is 13.4. The zero-order chi connectivity index (χ0) is 17.8. The minimum atomic E-state index is -1.04. The fraction of sp³-hybridized carbons (Fsp3) is 0. The summed E-state index contributed by atoms with van der Waals surface area (Å²) in [5, 5.41) is 12.5. The van der Waals surface area contributed by atoms with Crippen molar-refractivity contribution in [3.63, 3.8) is 0 Å². The van der Waals surface area contributed by atoms with Gasteiger partial charge in [0.2, 0.25) is 0 Å². The Morgan fingerprint density at radius 1 is 0.962 bits per heavy atom. The fourth-order valence-electron chi connectivity index (χ4n) is 3.56. The number of carboxylic acid groups (broad SMARTS) is 1. The lowest BCUT2D eigenvalue weighted by atomic mass is 9.99. The molecule has 4 aromatic rings. The van der Waals surface area contributed by atoms with Gasteiger partial charge in [-0.25, -0.2) is 9.59 Å². The largest absolute Gasteiger partial charge is 0.478 e. The van der Waals surface area contributed by atoms with Crippen LogP contribution in [0.25, 0.3) is 27.1 Å². The lowest BCUT2D eigenvalue weighted by molar-refractivity contribution is 0.0698. The molecule has 0 atom stereocenters. The molecule has 0 bridgehead atoms. The van der Waals surface area contributed by atoms with E-state index in [9.17, 15) is 14.7 Å². The summed E-state index contributed by atoms with van der Waals surface area (Å²) in [6.07, 6.45) is 1.56. The molecule has 26 heavy (non-hydrogen) atoms. The van der Waals surface area contributed by atoms with E-state index >= 15 is 0 Å². The normalized spacial score (nSPS) is 14.9. The molecule has 0 unspecified atom stereocenters. The molecule has 0 fully saturated rings. The zero-order valence-corrected chi connectivity index (χ0v) is 13.4. The van der Waals surface area contributed by atoms with E-state index in [2.05, 4.69) is 4.99 Å². The van der Waals surface area contributed by atoms with Crippen LogP contribution in [-0.2, 0) is 0 Å². The number of aliphatic imine (C=N–C) groups is 1. The van der Waals surface area contributed by atoms with E-state index in [0.717, 1.165) is 16.2 Å². The Hall–Kier alpha value is -3.73. The molecule has 0 aliphatic carbocycles. The molecule has 2 heterocycles. The smallest absolute Gasteiger partial charge is 0.344 e. The molecular weight excluding hydrogens is 330 g/mol. The molecule has 5 nitrogen and oxygen atoms in total. The minimum absolute atomic E-state index is 0.120. The van der Waals surface area contributed by atoms with Gasteiger partial charge < -0.3 is 9.52 Å². The summed E-state index contributed by atoms with van der Waals surface area (Å²) in [5.74, 6) is -1.04. The number of benzene rings is 3. The number of carboxylic acids is 1. The number of carbonyl (C=O) groups is 1. The highest BCUT2D eigenvalue weighted by atomic mass is 16.4. The summed E-state index contributed by atoms with van der Waals surface area (Å²) in [4.78, 5) is 28.2. The standard InChI is InChI=1S/C21H11NO4/c23-20(24)15-9-3-6-12-16(10-22-18(12)15)19-13-7-1-4-11-5-2-8-14(17(11)13)21(25)26-19/h1-10H,(H,23,24)/b19-16+. The van der Waals surface area contributed by atoms with Gasteiger partial charge in [-0.3, -0.25) is 4.99 Å². The first-order valence-corrected chi connectivity index (χ1v) is 8.04. The van der Waals surface area contributed by atoms with Crippen molar-refractivity contribution in [2.45, 2.75) is 0 Å². The van der Waals surface area contributed by atoms with Gasteiger partial charge in [0.05, 0.1) is 16.6 Å². The van der Waals surface area contributed by atoms with E-state index in [0.29, 0.717) is 27.6 Å². The van der Waals surface area contributed by atoms with Crippen LogP contribution < -0.4 is 11.0 Å². The highest BCUT2D eigenvalue weighted by Gasteiger charge is 2.22. The van der Waals surface area contributed by atoms with Crippen LogP contribution in [0.15, 0.2) is 68.8 Å². The quantitative estimate of drug-likeness (QED) is 0.576. The monoisotopic (exact) mass is 341 g/mol. The van der Waals surface area contributed by atoms with Crippen molar-refractivity contribution in [3.05, 3.63) is 81.6 Å². The highest BCUT2D eigenvalue weighted by Crippen LogP contribution is 2.34. The summed E-state index contributed by atoms with van der Waals surface area (Å²) in [6.45, 7) is 0. The van der Waals surface area contributed by atoms with Crippen molar-refractivity contribution in [3.8, 4) is 0 Å². The summed E-state index contributed by atoms with van der Waals surface area (Å²) in [7, 11) is 0. The van der Waals surface area contributed by atoms with Gasteiger partial charge in [0.1, 0.15) is 5.42 Å². The number of rotatable bonds is 1. The van der Waals surface area contributed by atoms with Crippen molar-refractivity contribution >= 4 is 45.0 Å². The molecule has 5 rings (SSSR count). The van der Waals surface area contributed by atoms with Crippen LogP contribution in [0.1, 0.15) is 15.9 Å². The lowest BCUT2D eigenvalue weighted by Gasteiger charge is -2.06. The van der Waals surface area contributed by atoms with Crippen LogP contribution in [0.2, 0.25) is 0 Å². The Labute approximate surface area is 146 Å². The SMILES string of the molecule is O=C(O)c1cccc2c1N=C/C2=c1\oc(=O)c2cccc3cccc1c32. The number of hydrogen-bond donors (Lipinski definition) is 1. The maximum absolute atomic E-state index is 12.5. The second-order valence-corrected chi connectivity index (χ2v) is 6.11. The van der Waals surface area contributed by atoms with Gasteiger partial charge in [0.25, 0.3) is 0 Å². The number of para-hydroxylation sites is 1. The van der Waals surface area contributed by atoms with Crippen LogP contribution in [0.4, 0.5) is 5.69 Å². The second kappa shape index (κ2) is 5.13. The molecule has 5 heteroatoms. The average molecular weight is 341 g/mol. The van der Waals surface area contributed by atoms with Crippen LogP contribution >= 0.6 is 0 Å². The average Bonchev–Trinajstić information content (AvgIpc) is 3.08. The first-order valence-electron chi connectivity index (χ1n) is 8.04. The molecule has 1 N–H and O–H groups in total. The number of hydrogen-bond acceptors (Lipinski definition) is 4. The molecule has 0 radical (unpaired) electrons. The first kappa shape index (κ1) is 14.6. The van der Waals surface area contributed by atoms with E-state index in [4.69, 9.17) is 4.42 Å². The van der Waals surface area contributed by atoms with E-state index in [1.54, 1.807) is 24.4 Å². The van der Waals surface area contributed by atoms with Gasteiger partial charge in [-0.1, -0.05) is 42.5 Å². The van der Waals surface area contributed by atoms with Crippen molar-refractivity contribution in [2.75, 3.05) is 0 Å². The molecular formula is C21H11NO4. The second-order valence-electron chi connectivity index (χ2n) is 6.11. The van der Waals surface area contributed by atoms with E-state index in [1.807, 2.05) is 30.3 Å². The van der Waals surface area contributed by atoms with Crippen LogP contribution in [0, 0.1) is 0 Å². The van der Waals surface area contributed by atoms with E-state index in [-0.39, 0.29) is 5.56 Å². The lowest BCUT2D eigenvalue weighted by Crippen LogP contribution is -2.16. The van der Waals surface area contributed by atoms with Gasteiger partial charge in [-0.05, 0) is 17.5 Å². The first-order chi connectivity index (χ1) is 12.6. The van der Waals surface area contributed by atoms with E-state index < -0.39 is 11.6 Å². The van der Waals surface area contributed by atoms with Crippen LogP contribution in [0.5, 0.6) is 0 Å². The van der Waals surface area contributed by atoms with Crippen molar-refractivity contribution in [1.82, 2.24) is 0 Å². The molecule has 3 aromatic carbocycles. The summed E-state index contributed by atoms with van der Waals surface area (Å²) in [6, 6.07) is 16.2. The third-order valence-electron chi connectivity index (χ3n) is 4.69. The Morgan fingerprint density at radius 3 is 2.46 bits per heavy atom. The molecule has 1 aromatic heterocycles. The van der Waals surface area contributed by atoms with E-state index in [1.165, 1.54) is 6.07 Å². The molecule has 0 saturated carbocycles. The van der Waals surface area contributed by atoms with Crippen molar-refractivity contribution in [2.24, 2.45) is 4.99 Å². The van der Waals surface area contributed by atoms with Crippen LogP contribution in [0.3, 0.4) is 0 Å². The molecule has 0 amide bonds. The third kappa shape index (κ3) is 1.88. The van der Waals surface area contributed by atoms with Gasteiger partial charge in [-0.15, -0.1) is 0 Å². The molecule has 1 aliphatic rings. The summed E-state index contributed by atoms with van der Waals surface area (Å²) < 4.78 is 5.65. The third-order valence-corrected chi connectivity index (χ3v) is 4.69. The maximum Gasteiger partial charge on any atom is 0.344 e. The Bertz CT molecular complexity index is 1370. The predicted molar refractivity (Wildman–Crippen MR) is 99.3 cm³/mol. The Balaban J connectivity index is 1.99. The van der Waals surface area contributed by atoms with Crippen LogP contribution in [-0.4, -0.2) is 17.3 Å². The number of aromatic carboxylic acids is 1. The maximum atomic E-state index is 12.5. The summed E-state index contributed by atoms with van der Waals surface area (Å²) in [5.41, 5.74) is 1.74. The molecule has 124 valence electrons. The highest BCUT2D eigenvalue weighted by molar-refractivity contribution is 6.20. The molecule has 0 spiro atoms. The Morgan fingerprint density at radius 2 is 1.69 bits per heavy atom. The fourth-order valence-corrected chi connectivity index (χ4v) is 3.56. The summed E-state index contributed by atoms with van der Waals surface area (Å²) >= 11 is 0. The number of nitrogens with zero attached hydrogens (tertiary/aromatic N) is 1. The van der Waals surface area contributed by atoms with Gasteiger partial charge >= 0.3 is 11.6 Å². The topological polar surface area (TPSA) is 79.9 Å². The minimum Gasteiger partial charge on any atom is -0.478 e. The predicted octanol–water partition coefficient (Wildman–Crippen LogP) is 3.28. The van der Waals surface area contributed by atoms with Crippen molar-refractivity contribution < 1.29 is 14.3 Å². The van der Waals surface area contributed by atoms with Crippen molar-refractivity contribution in [1.29, 1.82) is 0 Å².